The van der Waals surface area contributed by atoms with Gasteiger partial charge < -0.3 is 0 Å². The molecule has 1 aromatic rings. The molecule has 0 aliphatic heterocycles. The molecule has 0 nitrogen and oxygen atoms in total. The highest BCUT2D eigenvalue weighted by Crippen LogP contribution is 2.27. The van der Waals surface area contributed by atoms with Crippen LogP contribution >= 0.6 is 12.6 Å². The molecule has 1 heteroatoms. The smallest absolute Gasteiger partial charge is 0.0159 e. The molecule has 0 aliphatic carbocycles. The highest BCUT2D eigenvalue weighted by molar-refractivity contribution is 7.79. The molecular weight excluding hydrogens is 188 g/mol. The van der Waals surface area contributed by atoms with Crippen molar-refractivity contribution in [2.45, 2.75) is 45.8 Å². The number of hydrogen-bond donors (Lipinski definition) is 1. The van der Waals surface area contributed by atoms with Crippen molar-refractivity contribution in [3.05, 3.63) is 34.4 Å². The first-order valence-corrected chi connectivity index (χ1v) is 5.71. The average Bonchev–Trinajstić information content (AvgIpc) is 2.01. The standard InChI is InChI=1S/C13H20S/c1-9-6-11(13(3,4)5)7-10(2)12(9)8-14/h6-7,14H,8H2,1-5H3. The Morgan fingerprint density at radius 3 is 1.79 bits per heavy atom. The minimum absolute atomic E-state index is 0.241. The molecule has 78 valence electrons. The van der Waals surface area contributed by atoms with E-state index in [0.717, 1.165) is 5.75 Å². The Kier molecular flexibility index (Phi) is 3.31. The van der Waals surface area contributed by atoms with Crippen LogP contribution in [0.25, 0.3) is 0 Å². The van der Waals surface area contributed by atoms with Gasteiger partial charge in [-0.25, -0.2) is 0 Å². The van der Waals surface area contributed by atoms with Gasteiger partial charge in [-0.3, -0.25) is 0 Å². The van der Waals surface area contributed by atoms with E-state index in [-0.39, 0.29) is 5.41 Å². The van der Waals surface area contributed by atoms with Gasteiger partial charge in [0.25, 0.3) is 0 Å². The molecule has 0 aromatic heterocycles. The number of thiol groups is 1. The molecule has 0 atom stereocenters. The zero-order valence-corrected chi connectivity index (χ0v) is 10.7. The van der Waals surface area contributed by atoms with Gasteiger partial charge in [-0.15, -0.1) is 0 Å². The maximum absolute atomic E-state index is 4.36. The molecule has 0 fully saturated rings. The van der Waals surface area contributed by atoms with Gasteiger partial charge in [-0.05, 0) is 41.5 Å². The van der Waals surface area contributed by atoms with Gasteiger partial charge >= 0.3 is 0 Å². The van der Waals surface area contributed by atoms with Crippen molar-refractivity contribution in [1.82, 2.24) is 0 Å². The summed E-state index contributed by atoms with van der Waals surface area (Å²) < 4.78 is 0. The second-order valence-electron chi connectivity index (χ2n) is 5.00. The number of rotatable bonds is 1. The lowest BCUT2D eigenvalue weighted by Gasteiger charge is -2.22. The van der Waals surface area contributed by atoms with Gasteiger partial charge in [0.1, 0.15) is 0 Å². The van der Waals surface area contributed by atoms with E-state index < -0.39 is 0 Å². The molecule has 0 radical (unpaired) electrons. The van der Waals surface area contributed by atoms with Crippen molar-refractivity contribution in [2.75, 3.05) is 0 Å². The molecule has 1 rings (SSSR count). The highest BCUT2D eigenvalue weighted by atomic mass is 32.1. The van der Waals surface area contributed by atoms with E-state index in [2.05, 4.69) is 59.4 Å². The summed E-state index contributed by atoms with van der Waals surface area (Å²) in [6.07, 6.45) is 0. The number of benzene rings is 1. The number of hydrogen-bond acceptors (Lipinski definition) is 1. The molecule has 0 aliphatic rings. The Morgan fingerprint density at radius 2 is 1.50 bits per heavy atom. The molecule has 0 saturated heterocycles. The molecule has 0 saturated carbocycles. The normalized spacial score (nSPS) is 11.9. The third-order valence-electron chi connectivity index (χ3n) is 2.72. The fraction of sp³-hybridized carbons (Fsp3) is 0.538. The molecule has 0 spiro atoms. The molecular formula is C13H20S. The van der Waals surface area contributed by atoms with E-state index in [1.807, 2.05) is 0 Å². The summed E-state index contributed by atoms with van der Waals surface area (Å²) in [7, 11) is 0. The van der Waals surface area contributed by atoms with Gasteiger partial charge in [-0.2, -0.15) is 12.6 Å². The Bertz CT molecular complexity index is 309. The van der Waals surface area contributed by atoms with E-state index in [1.54, 1.807) is 0 Å². The fourth-order valence-electron chi connectivity index (χ4n) is 1.68. The van der Waals surface area contributed by atoms with Crippen molar-refractivity contribution >= 4 is 12.6 Å². The Labute approximate surface area is 93.1 Å². The lowest BCUT2D eigenvalue weighted by Crippen LogP contribution is -2.12. The van der Waals surface area contributed by atoms with E-state index in [4.69, 9.17) is 0 Å². The highest BCUT2D eigenvalue weighted by Gasteiger charge is 2.15. The van der Waals surface area contributed by atoms with Crippen LogP contribution in [0.2, 0.25) is 0 Å². The van der Waals surface area contributed by atoms with Crippen LogP contribution in [0.4, 0.5) is 0 Å². The predicted molar refractivity (Wildman–Crippen MR) is 67.3 cm³/mol. The molecule has 0 unspecified atom stereocenters. The van der Waals surface area contributed by atoms with Gasteiger partial charge in [-0.1, -0.05) is 32.9 Å². The van der Waals surface area contributed by atoms with Crippen LogP contribution in [-0.2, 0) is 11.2 Å². The Balaban J connectivity index is 3.28. The summed E-state index contributed by atoms with van der Waals surface area (Å²) in [6.45, 7) is 11.1. The van der Waals surface area contributed by atoms with E-state index in [1.165, 1.54) is 22.3 Å². The van der Waals surface area contributed by atoms with Crippen LogP contribution in [0.1, 0.15) is 43.0 Å². The van der Waals surface area contributed by atoms with Gasteiger partial charge in [0.15, 0.2) is 0 Å². The largest absolute Gasteiger partial charge is 0.175 e. The number of aryl methyl sites for hydroxylation is 2. The minimum atomic E-state index is 0.241. The first kappa shape index (κ1) is 11.6. The summed E-state index contributed by atoms with van der Waals surface area (Å²) in [5.41, 5.74) is 5.76. The van der Waals surface area contributed by atoms with Crippen LogP contribution in [-0.4, -0.2) is 0 Å². The quantitative estimate of drug-likeness (QED) is 0.662. The fourth-order valence-corrected chi connectivity index (χ4v) is 2.17. The SMILES string of the molecule is Cc1cc(C(C)(C)C)cc(C)c1CS. The lowest BCUT2D eigenvalue weighted by molar-refractivity contribution is 0.589. The van der Waals surface area contributed by atoms with Crippen LogP contribution in [0.3, 0.4) is 0 Å². The van der Waals surface area contributed by atoms with E-state index in [0.29, 0.717) is 0 Å². The summed E-state index contributed by atoms with van der Waals surface area (Å²) in [5, 5.41) is 0. The molecule has 0 amide bonds. The van der Waals surface area contributed by atoms with Crippen LogP contribution < -0.4 is 0 Å². The predicted octanol–water partition coefficient (Wildman–Crippen LogP) is 4.03. The summed E-state index contributed by atoms with van der Waals surface area (Å²) >= 11 is 4.36. The Hall–Kier alpha value is -0.430. The van der Waals surface area contributed by atoms with E-state index in [9.17, 15) is 0 Å². The van der Waals surface area contributed by atoms with Crippen LogP contribution in [0, 0.1) is 13.8 Å². The summed E-state index contributed by atoms with van der Waals surface area (Å²) in [6, 6.07) is 4.58. The van der Waals surface area contributed by atoms with Crippen LogP contribution in [0.5, 0.6) is 0 Å². The topological polar surface area (TPSA) is 0 Å². The average molecular weight is 208 g/mol. The lowest BCUT2D eigenvalue weighted by atomic mass is 9.84. The first-order valence-electron chi connectivity index (χ1n) is 5.07. The molecule has 0 bridgehead atoms. The second kappa shape index (κ2) is 3.98. The molecule has 0 N–H and O–H groups in total. The zero-order valence-electron chi connectivity index (χ0n) is 9.81. The van der Waals surface area contributed by atoms with Gasteiger partial charge in [0.05, 0.1) is 0 Å². The maximum Gasteiger partial charge on any atom is 0.0159 e. The summed E-state index contributed by atoms with van der Waals surface area (Å²) in [4.78, 5) is 0. The maximum atomic E-state index is 4.36. The second-order valence-corrected chi connectivity index (χ2v) is 5.31. The van der Waals surface area contributed by atoms with Crippen LogP contribution in [0.15, 0.2) is 12.1 Å². The van der Waals surface area contributed by atoms with Crippen molar-refractivity contribution in [3.63, 3.8) is 0 Å². The first-order chi connectivity index (χ1) is 6.36. The van der Waals surface area contributed by atoms with E-state index >= 15 is 0 Å². The van der Waals surface area contributed by atoms with Crippen molar-refractivity contribution in [1.29, 1.82) is 0 Å². The monoisotopic (exact) mass is 208 g/mol. The molecule has 1 aromatic carbocycles. The van der Waals surface area contributed by atoms with Gasteiger partial charge in [0.2, 0.25) is 0 Å². The minimum Gasteiger partial charge on any atom is -0.175 e. The third-order valence-corrected chi connectivity index (χ3v) is 3.04. The summed E-state index contributed by atoms with van der Waals surface area (Å²) in [5.74, 6) is 0.835. The molecule has 14 heavy (non-hydrogen) atoms. The zero-order chi connectivity index (χ0) is 10.9. The molecule has 0 heterocycles. The third kappa shape index (κ3) is 2.33. The van der Waals surface area contributed by atoms with Crippen molar-refractivity contribution in [2.24, 2.45) is 0 Å². The van der Waals surface area contributed by atoms with Crippen molar-refractivity contribution < 1.29 is 0 Å². The van der Waals surface area contributed by atoms with Crippen molar-refractivity contribution in [3.8, 4) is 0 Å². The Morgan fingerprint density at radius 1 is 1.07 bits per heavy atom. The van der Waals surface area contributed by atoms with Gasteiger partial charge in [0, 0.05) is 5.75 Å².